The lowest BCUT2D eigenvalue weighted by molar-refractivity contribution is 0.115. The Morgan fingerprint density at radius 1 is 1.36 bits per heavy atom. The summed E-state index contributed by atoms with van der Waals surface area (Å²) in [5.74, 6) is 0.394. The topological polar surface area (TPSA) is 20.2 Å². The van der Waals surface area contributed by atoms with Crippen LogP contribution in [0.2, 0.25) is 0 Å². The molecule has 1 aliphatic carbocycles. The van der Waals surface area contributed by atoms with Crippen molar-refractivity contribution in [2.24, 2.45) is 5.92 Å². The molecule has 2 rings (SSSR count). The molecule has 0 fully saturated rings. The maximum atomic E-state index is 9.85. The third-order valence-corrected chi connectivity index (χ3v) is 3.03. The Morgan fingerprint density at radius 3 is 2.43 bits per heavy atom. The molecule has 1 nitrogen and oxygen atoms in total. The Kier molecular flexibility index (Phi) is 2.69. The molecule has 1 N–H and O–H groups in total. The average Bonchev–Trinajstić information content (AvgIpc) is 2.61. The van der Waals surface area contributed by atoms with Crippen molar-refractivity contribution in [1.29, 1.82) is 0 Å². The van der Waals surface area contributed by atoms with Crippen LogP contribution in [0, 0.1) is 5.92 Å². The first-order valence-corrected chi connectivity index (χ1v) is 5.17. The van der Waals surface area contributed by atoms with Crippen molar-refractivity contribution in [2.75, 3.05) is 0 Å². The van der Waals surface area contributed by atoms with Gasteiger partial charge in [0.2, 0.25) is 0 Å². The molecule has 1 aromatic rings. The predicted octanol–water partition coefficient (Wildman–Crippen LogP) is 2.34. The summed E-state index contributed by atoms with van der Waals surface area (Å²) < 4.78 is 0. The zero-order valence-corrected chi connectivity index (χ0v) is 8.32. The summed E-state index contributed by atoms with van der Waals surface area (Å²) in [7, 11) is 0. The van der Waals surface area contributed by atoms with Crippen molar-refractivity contribution in [3.63, 3.8) is 0 Å². The highest BCUT2D eigenvalue weighted by Crippen LogP contribution is 2.29. The summed E-state index contributed by atoms with van der Waals surface area (Å²) in [6, 6.07) is 8.47. The number of rotatable bonds is 3. The fourth-order valence-corrected chi connectivity index (χ4v) is 2.23. The lowest BCUT2D eigenvalue weighted by Crippen LogP contribution is -2.19. The van der Waals surface area contributed by atoms with E-state index in [0.717, 1.165) is 12.8 Å². The van der Waals surface area contributed by atoms with Crippen LogP contribution in [0.4, 0.5) is 0 Å². The van der Waals surface area contributed by atoms with E-state index in [1.807, 2.05) is 0 Å². The van der Waals surface area contributed by atoms with Crippen molar-refractivity contribution in [3.05, 3.63) is 48.0 Å². The number of fused-ring (bicyclic) bond motifs is 1. The molecule has 1 aromatic carbocycles. The van der Waals surface area contributed by atoms with Crippen LogP contribution in [-0.2, 0) is 12.8 Å². The highest BCUT2D eigenvalue weighted by Gasteiger charge is 2.25. The van der Waals surface area contributed by atoms with Crippen LogP contribution in [0.15, 0.2) is 36.9 Å². The molecular weight excluding hydrogens is 172 g/mol. The van der Waals surface area contributed by atoms with Crippen LogP contribution >= 0.6 is 0 Å². The highest BCUT2D eigenvalue weighted by molar-refractivity contribution is 5.32. The number of aliphatic hydroxyl groups excluding tert-OH is 1. The maximum absolute atomic E-state index is 9.85. The molecule has 1 aliphatic rings. The minimum atomic E-state index is -0.222. The Morgan fingerprint density at radius 2 is 1.93 bits per heavy atom. The third kappa shape index (κ3) is 1.73. The largest absolute Gasteiger partial charge is 0.392 e. The van der Waals surface area contributed by atoms with Gasteiger partial charge < -0.3 is 5.11 Å². The monoisotopic (exact) mass is 188 g/mol. The highest BCUT2D eigenvalue weighted by atomic mass is 16.3. The van der Waals surface area contributed by atoms with Gasteiger partial charge in [-0.25, -0.2) is 0 Å². The summed E-state index contributed by atoms with van der Waals surface area (Å²) in [6.07, 6.45) is 4.32. The van der Waals surface area contributed by atoms with Crippen LogP contribution in [0.1, 0.15) is 17.5 Å². The molecule has 0 saturated heterocycles. The maximum Gasteiger partial charge on any atom is 0.0609 e. The van der Waals surface area contributed by atoms with Gasteiger partial charge in [-0.2, -0.15) is 0 Å². The molecule has 0 aliphatic heterocycles. The van der Waals surface area contributed by atoms with Crippen LogP contribution in [-0.4, -0.2) is 11.2 Å². The average molecular weight is 188 g/mol. The van der Waals surface area contributed by atoms with Gasteiger partial charge in [-0.1, -0.05) is 30.3 Å². The lowest BCUT2D eigenvalue weighted by atomic mass is 9.97. The fourth-order valence-electron chi connectivity index (χ4n) is 2.23. The van der Waals surface area contributed by atoms with Crippen LogP contribution in [0.25, 0.3) is 0 Å². The van der Waals surface area contributed by atoms with E-state index in [9.17, 15) is 5.11 Å². The minimum absolute atomic E-state index is 0.222. The summed E-state index contributed by atoms with van der Waals surface area (Å²) in [6.45, 7) is 3.66. The molecule has 1 heteroatoms. The molecule has 0 spiro atoms. The molecule has 0 saturated carbocycles. The second-order valence-electron chi connectivity index (χ2n) is 4.03. The standard InChI is InChI=1S/C13H16O/c1-2-5-13(14)12-8-10-6-3-4-7-11(10)9-12/h2-4,6-7,12-14H,1,5,8-9H2. The van der Waals surface area contributed by atoms with Gasteiger partial charge in [0.05, 0.1) is 6.10 Å². The van der Waals surface area contributed by atoms with E-state index >= 15 is 0 Å². The zero-order valence-electron chi connectivity index (χ0n) is 8.32. The summed E-state index contributed by atoms with van der Waals surface area (Å²) in [5.41, 5.74) is 2.81. The fraction of sp³-hybridized carbons (Fsp3) is 0.385. The Labute approximate surface area is 85.1 Å². The first-order chi connectivity index (χ1) is 6.81. The van der Waals surface area contributed by atoms with Crippen molar-refractivity contribution < 1.29 is 5.11 Å². The van der Waals surface area contributed by atoms with Gasteiger partial charge >= 0.3 is 0 Å². The van der Waals surface area contributed by atoms with Gasteiger partial charge in [0.15, 0.2) is 0 Å². The number of hydrogen-bond acceptors (Lipinski definition) is 1. The first kappa shape index (κ1) is 9.47. The molecule has 1 unspecified atom stereocenters. The number of hydrogen-bond donors (Lipinski definition) is 1. The molecule has 0 aromatic heterocycles. The second-order valence-corrected chi connectivity index (χ2v) is 4.03. The molecule has 0 heterocycles. The smallest absolute Gasteiger partial charge is 0.0609 e. The molecule has 0 bridgehead atoms. The van der Waals surface area contributed by atoms with Gasteiger partial charge in [0.25, 0.3) is 0 Å². The molecule has 14 heavy (non-hydrogen) atoms. The molecular formula is C13H16O. The van der Waals surface area contributed by atoms with Gasteiger partial charge in [-0.15, -0.1) is 6.58 Å². The van der Waals surface area contributed by atoms with E-state index in [0.29, 0.717) is 12.3 Å². The van der Waals surface area contributed by atoms with Crippen molar-refractivity contribution >= 4 is 0 Å². The van der Waals surface area contributed by atoms with E-state index in [1.165, 1.54) is 11.1 Å². The molecule has 74 valence electrons. The first-order valence-electron chi connectivity index (χ1n) is 5.17. The van der Waals surface area contributed by atoms with E-state index in [-0.39, 0.29) is 6.10 Å². The van der Waals surface area contributed by atoms with E-state index in [2.05, 4.69) is 30.8 Å². The number of aliphatic hydroxyl groups is 1. The Bertz CT molecular complexity index is 305. The summed E-state index contributed by atoms with van der Waals surface area (Å²) in [4.78, 5) is 0. The quantitative estimate of drug-likeness (QED) is 0.722. The lowest BCUT2D eigenvalue weighted by Gasteiger charge is -2.15. The van der Waals surface area contributed by atoms with Crippen LogP contribution in [0.5, 0.6) is 0 Å². The van der Waals surface area contributed by atoms with E-state index < -0.39 is 0 Å². The SMILES string of the molecule is C=CCC(O)C1Cc2ccccc2C1. The van der Waals surface area contributed by atoms with Gasteiger partial charge in [-0.05, 0) is 36.3 Å². The van der Waals surface area contributed by atoms with E-state index in [4.69, 9.17) is 0 Å². The molecule has 1 atom stereocenters. The summed E-state index contributed by atoms with van der Waals surface area (Å²) >= 11 is 0. The van der Waals surface area contributed by atoms with E-state index in [1.54, 1.807) is 6.08 Å². The van der Waals surface area contributed by atoms with Crippen molar-refractivity contribution in [2.45, 2.75) is 25.4 Å². The van der Waals surface area contributed by atoms with Gasteiger partial charge in [0.1, 0.15) is 0 Å². The third-order valence-electron chi connectivity index (χ3n) is 3.03. The molecule has 0 radical (unpaired) electrons. The minimum Gasteiger partial charge on any atom is -0.392 e. The number of benzene rings is 1. The predicted molar refractivity (Wildman–Crippen MR) is 58.2 cm³/mol. The van der Waals surface area contributed by atoms with Gasteiger partial charge in [-0.3, -0.25) is 0 Å². The normalized spacial score (nSPS) is 17.8. The zero-order chi connectivity index (χ0) is 9.97. The summed E-state index contributed by atoms with van der Waals surface area (Å²) in [5, 5.41) is 9.85. The van der Waals surface area contributed by atoms with Crippen LogP contribution < -0.4 is 0 Å². The van der Waals surface area contributed by atoms with Gasteiger partial charge in [0, 0.05) is 0 Å². The molecule has 0 amide bonds. The van der Waals surface area contributed by atoms with Crippen molar-refractivity contribution in [1.82, 2.24) is 0 Å². The Hall–Kier alpha value is -1.08. The Balaban J connectivity index is 2.07. The van der Waals surface area contributed by atoms with Crippen molar-refractivity contribution in [3.8, 4) is 0 Å². The second kappa shape index (κ2) is 3.97. The van der Waals surface area contributed by atoms with Crippen LogP contribution in [0.3, 0.4) is 0 Å².